The fourth-order valence-electron chi connectivity index (χ4n) is 6.87. The van der Waals surface area contributed by atoms with E-state index in [0.29, 0.717) is 25.9 Å². The van der Waals surface area contributed by atoms with Crippen molar-refractivity contribution in [2.75, 3.05) is 13.6 Å². The van der Waals surface area contributed by atoms with Gasteiger partial charge in [-0.3, -0.25) is 4.79 Å². The van der Waals surface area contributed by atoms with Crippen LogP contribution in [0.5, 0.6) is 0 Å². The van der Waals surface area contributed by atoms with Crippen LogP contribution in [-0.2, 0) is 30.3 Å². The molecule has 0 radical (unpaired) electrons. The number of benzene rings is 1. The van der Waals surface area contributed by atoms with Crippen LogP contribution < -0.4 is 0 Å². The number of rotatable bonds is 8. The smallest absolute Gasteiger partial charge is 0.212 e. The minimum atomic E-state index is -1.62. The molecule has 1 saturated heterocycles. The van der Waals surface area contributed by atoms with Gasteiger partial charge in [0.15, 0.2) is 17.1 Å². The summed E-state index contributed by atoms with van der Waals surface area (Å²) in [5.74, 6) is -0.654. The molecular weight excluding hydrogens is 470 g/mol. The van der Waals surface area contributed by atoms with Gasteiger partial charge in [0.2, 0.25) is 11.5 Å². The van der Waals surface area contributed by atoms with Gasteiger partial charge < -0.3 is 29.0 Å². The molecule has 0 amide bonds. The molecule has 4 aliphatic rings. The zero-order valence-corrected chi connectivity index (χ0v) is 23.1. The molecule has 0 spiro atoms. The average Bonchev–Trinajstić information content (AvgIpc) is 3.31. The Labute approximate surface area is 220 Å². The molecule has 0 unspecified atom stereocenters. The van der Waals surface area contributed by atoms with Gasteiger partial charge in [0.1, 0.15) is 0 Å². The number of carbonyl (C=O) groups is 1. The van der Waals surface area contributed by atoms with Crippen LogP contribution in [0.4, 0.5) is 0 Å². The molecule has 5 atom stereocenters. The predicted molar refractivity (Wildman–Crippen MR) is 139 cm³/mol. The van der Waals surface area contributed by atoms with Crippen molar-refractivity contribution in [1.82, 2.24) is 4.90 Å². The van der Waals surface area contributed by atoms with Crippen molar-refractivity contribution in [3.05, 3.63) is 59.1 Å². The number of hydrogen-bond acceptors (Lipinski definition) is 7. The molecule has 37 heavy (non-hydrogen) atoms. The molecule has 0 bridgehead atoms. The second-order valence-electron chi connectivity index (χ2n) is 12.1. The van der Waals surface area contributed by atoms with Crippen molar-refractivity contribution in [1.29, 1.82) is 0 Å². The van der Waals surface area contributed by atoms with Crippen molar-refractivity contribution in [3.8, 4) is 0 Å². The van der Waals surface area contributed by atoms with E-state index in [2.05, 4.69) is 23.1 Å². The molecule has 0 aromatic heterocycles. The SMILES string of the molecule is CC(C)OC1=C(OC(C)C)[C@@]2(O)C3=CC[C@H]4OC(C)(C)O[C@H]4[C@@H]3C[C@@]2(CN(C)Cc2ccccc2)C1=O. The van der Waals surface area contributed by atoms with E-state index in [0.717, 1.165) is 11.1 Å². The van der Waals surface area contributed by atoms with E-state index in [1.807, 2.05) is 66.8 Å². The lowest BCUT2D eigenvalue weighted by Gasteiger charge is -2.40. The molecule has 202 valence electrons. The third kappa shape index (κ3) is 4.24. The lowest BCUT2D eigenvalue weighted by atomic mass is 9.73. The largest absolute Gasteiger partial charge is 0.488 e. The molecule has 1 aromatic rings. The van der Waals surface area contributed by atoms with E-state index >= 15 is 0 Å². The van der Waals surface area contributed by atoms with E-state index in [4.69, 9.17) is 18.9 Å². The second kappa shape index (κ2) is 9.23. The third-order valence-corrected chi connectivity index (χ3v) is 7.98. The number of Topliss-reactive ketones (excluding diaryl/α,β-unsaturated/α-hetero) is 1. The summed E-state index contributed by atoms with van der Waals surface area (Å²) in [6.07, 6.45) is 2.29. The fraction of sp³-hybridized carbons (Fsp3) is 0.633. The van der Waals surface area contributed by atoms with E-state index in [-0.39, 0.29) is 47.6 Å². The van der Waals surface area contributed by atoms with Crippen LogP contribution in [0.1, 0.15) is 59.9 Å². The Morgan fingerprint density at radius 2 is 1.76 bits per heavy atom. The topological polar surface area (TPSA) is 77.5 Å². The Balaban J connectivity index is 1.60. The number of ether oxygens (including phenoxy) is 4. The molecule has 1 aromatic carbocycles. The van der Waals surface area contributed by atoms with Crippen LogP contribution in [-0.4, -0.2) is 65.2 Å². The number of aliphatic hydroxyl groups is 1. The molecule has 1 saturated carbocycles. The zero-order chi connectivity index (χ0) is 26.8. The predicted octanol–water partition coefficient (Wildman–Crippen LogP) is 4.35. The Kier molecular flexibility index (Phi) is 6.59. The summed E-state index contributed by atoms with van der Waals surface area (Å²) in [7, 11) is 2.00. The van der Waals surface area contributed by atoms with Crippen LogP contribution in [0.15, 0.2) is 53.5 Å². The monoisotopic (exact) mass is 511 g/mol. The Morgan fingerprint density at radius 1 is 1.08 bits per heavy atom. The highest BCUT2D eigenvalue weighted by Crippen LogP contribution is 2.65. The summed E-state index contributed by atoms with van der Waals surface area (Å²) < 4.78 is 25.0. The van der Waals surface area contributed by atoms with E-state index < -0.39 is 16.8 Å². The highest BCUT2D eigenvalue weighted by Gasteiger charge is 2.75. The third-order valence-electron chi connectivity index (χ3n) is 7.98. The van der Waals surface area contributed by atoms with Gasteiger partial charge in [0.25, 0.3) is 0 Å². The van der Waals surface area contributed by atoms with E-state index in [1.54, 1.807) is 0 Å². The highest BCUT2D eigenvalue weighted by molar-refractivity contribution is 6.05. The van der Waals surface area contributed by atoms with Crippen LogP contribution in [0.3, 0.4) is 0 Å². The molecular formula is C30H41NO6. The highest BCUT2D eigenvalue weighted by atomic mass is 16.8. The number of nitrogens with zero attached hydrogens (tertiary/aromatic N) is 1. The van der Waals surface area contributed by atoms with E-state index in [9.17, 15) is 9.90 Å². The molecule has 5 rings (SSSR count). The summed E-state index contributed by atoms with van der Waals surface area (Å²) >= 11 is 0. The standard InChI is InChI=1S/C30H41NO6/c1-18(2)34-25-26(32)29(17-31(7)16-20-11-9-8-10-12-20)15-21-22(30(29,33)27(25)35-19(3)4)13-14-23-24(21)37-28(5,6)36-23/h8-13,18-19,21,23-24,33H,14-17H2,1-7H3/t21-,23-,24+,29-,30+/m1/s1. The number of allylic oxidation sites excluding steroid dienone is 1. The minimum Gasteiger partial charge on any atom is -0.488 e. The van der Waals surface area contributed by atoms with Gasteiger partial charge in [-0.1, -0.05) is 36.4 Å². The van der Waals surface area contributed by atoms with Gasteiger partial charge in [0.05, 0.1) is 29.8 Å². The first-order valence-corrected chi connectivity index (χ1v) is 13.5. The second-order valence-corrected chi connectivity index (χ2v) is 12.1. The van der Waals surface area contributed by atoms with Crippen LogP contribution >= 0.6 is 0 Å². The van der Waals surface area contributed by atoms with Gasteiger partial charge in [0, 0.05) is 19.0 Å². The number of hydrogen-bond donors (Lipinski definition) is 1. The van der Waals surface area contributed by atoms with Gasteiger partial charge >= 0.3 is 0 Å². The van der Waals surface area contributed by atoms with Gasteiger partial charge in [-0.05, 0) is 72.6 Å². The van der Waals surface area contributed by atoms with Crippen molar-refractivity contribution in [2.24, 2.45) is 11.3 Å². The average molecular weight is 512 g/mol. The zero-order valence-electron chi connectivity index (χ0n) is 23.1. The van der Waals surface area contributed by atoms with Crippen LogP contribution in [0.25, 0.3) is 0 Å². The number of fused-ring (bicyclic) bond motifs is 5. The van der Waals surface area contributed by atoms with Crippen molar-refractivity contribution in [2.45, 2.75) is 96.7 Å². The molecule has 7 heteroatoms. The number of ketones is 1. The molecule has 1 heterocycles. The van der Waals surface area contributed by atoms with Crippen molar-refractivity contribution >= 4 is 5.78 Å². The van der Waals surface area contributed by atoms with Crippen molar-refractivity contribution in [3.63, 3.8) is 0 Å². The maximum absolute atomic E-state index is 14.4. The van der Waals surface area contributed by atoms with Gasteiger partial charge in [-0.25, -0.2) is 0 Å². The fourth-order valence-corrected chi connectivity index (χ4v) is 6.87. The quantitative estimate of drug-likeness (QED) is 0.520. The number of carbonyl (C=O) groups excluding carboxylic acids is 1. The summed E-state index contributed by atoms with van der Waals surface area (Å²) in [6, 6.07) is 10.2. The molecule has 1 aliphatic heterocycles. The lowest BCUT2D eigenvalue weighted by Crippen LogP contribution is -2.53. The summed E-state index contributed by atoms with van der Waals surface area (Å²) in [5.41, 5.74) is -0.832. The minimum absolute atomic E-state index is 0.106. The summed E-state index contributed by atoms with van der Waals surface area (Å²) in [6.45, 7) is 12.4. The van der Waals surface area contributed by atoms with E-state index in [1.165, 1.54) is 0 Å². The maximum Gasteiger partial charge on any atom is 0.212 e. The first kappa shape index (κ1) is 26.4. The van der Waals surface area contributed by atoms with Crippen LogP contribution in [0, 0.1) is 11.3 Å². The summed E-state index contributed by atoms with van der Waals surface area (Å²) in [5, 5.41) is 12.8. The Bertz CT molecular complexity index is 1110. The van der Waals surface area contributed by atoms with Crippen LogP contribution in [0.2, 0.25) is 0 Å². The first-order valence-electron chi connectivity index (χ1n) is 13.5. The van der Waals surface area contributed by atoms with Gasteiger partial charge in [-0.2, -0.15) is 0 Å². The lowest BCUT2D eigenvalue weighted by molar-refractivity contribution is -0.149. The maximum atomic E-state index is 14.4. The normalized spacial score (nSPS) is 34.2. The molecule has 1 N–H and O–H groups in total. The molecule has 2 fully saturated rings. The molecule has 3 aliphatic carbocycles. The van der Waals surface area contributed by atoms with Crippen molar-refractivity contribution < 1.29 is 28.8 Å². The molecule has 7 nitrogen and oxygen atoms in total. The van der Waals surface area contributed by atoms with Gasteiger partial charge in [-0.15, -0.1) is 0 Å². The first-order chi connectivity index (χ1) is 17.4. The summed E-state index contributed by atoms with van der Waals surface area (Å²) in [4.78, 5) is 16.6. The Hall–Kier alpha value is -2.19. The Morgan fingerprint density at radius 3 is 2.41 bits per heavy atom.